The number of hydrogen-bond donors (Lipinski definition) is 4. The van der Waals surface area contributed by atoms with Crippen LogP contribution in [0.4, 0.5) is 4.79 Å². The minimum atomic E-state index is -0.870. The van der Waals surface area contributed by atoms with Gasteiger partial charge in [0.1, 0.15) is 6.04 Å². The van der Waals surface area contributed by atoms with Gasteiger partial charge in [-0.15, -0.1) is 0 Å². The van der Waals surface area contributed by atoms with Crippen LogP contribution in [0.2, 0.25) is 0 Å². The summed E-state index contributed by atoms with van der Waals surface area (Å²) in [6, 6.07) is -1.13. The molecule has 0 saturated heterocycles. The van der Waals surface area contributed by atoms with Gasteiger partial charge in [-0.2, -0.15) is 0 Å². The fourth-order valence-corrected chi connectivity index (χ4v) is 1.08. The number of carboxylic acid groups (broad SMARTS) is 1. The maximum atomic E-state index is 10.6. The zero-order chi connectivity index (χ0) is 11.0. The number of nitrogens with one attached hydrogen (secondary N) is 2. The summed E-state index contributed by atoms with van der Waals surface area (Å²) < 4.78 is 0. The third kappa shape index (κ3) is 6.24. The monoisotopic (exact) mass is 203 g/mol. The van der Waals surface area contributed by atoms with Gasteiger partial charge in [0.25, 0.3) is 0 Å². The molecule has 82 valence electrons. The van der Waals surface area contributed by atoms with Gasteiger partial charge in [0.05, 0.1) is 0 Å². The molecule has 0 aliphatic heterocycles. The van der Waals surface area contributed by atoms with E-state index < -0.39 is 18.0 Å². The van der Waals surface area contributed by atoms with Crippen LogP contribution < -0.4 is 16.4 Å². The summed E-state index contributed by atoms with van der Waals surface area (Å²) in [5.74, 6) is -0.870. The third-order valence-corrected chi connectivity index (χ3v) is 1.72. The van der Waals surface area contributed by atoms with Crippen molar-refractivity contribution in [2.24, 2.45) is 5.73 Å². The van der Waals surface area contributed by atoms with E-state index >= 15 is 0 Å². The Morgan fingerprint density at radius 2 is 2.14 bits per heavy atom. The van der Waals surface area contributed by atoms with E-state index in [0.29, 0.717) is 25.9 Å². The first-order chi connectivity index (χ1) is 6.57. The van der Waals surface area contributed by atoms with Gasteiger partial charge >= 0.3 is 12.0 Å². The molecule has 0 aliphatic carbocycles. The molecular formula is C8H17N3O3. The van der Waals surface area contributed by atoms with Crippen LogP contribution in [0.15, 0.2) is 0 Å². The normalized spacial score (nSPS) is 12.1. The molecular weight excluding hydrogens is 186 g/mol. The van der Waals surface area contributed by atoms with Gasteiger partial charge in [0.15, 0.2) is 0 Å². The van der Waals surface area contributed by atoms with Crippen molar-refractivity contribution in [1.29, 1.82) is 0 Å². The van der Waals surface area contributed by atoms with Crippen molar-refractivity contribution < 1.29 is 14.7 Å². The van der Waals surface area contributed by atoms with E-state index in [1.165, 1.54) is 0 Å². The Hall–Kier alpha value is -1.30. The summed E-state index contributed by atoms with van der Waals surface area (Å²) in [5, 5.41) is 14.0. The molecule has 0 bridgehead atoms. The number of aliphatic carboxylic acids is 1. The van der Waals surface area contributed by atoms with Crippen molar-refractivity contribution in [1.82, 2.24) is 10.6 Å². The molecule has 0 spiro atoms. The van der Waals surface area contributed by atoms with Crippen LogP contribution in [0.3, 0.4) is 0 Å². The number of urea groups is 1. The highest BCUT2D eigenvalue weighted by Crippen LogP contribution is 1.96. The predicted octanol–water partition coefficient (Wildman–Crippen LogP) is -0.502. The summed E-state index contributed by atoms with van der Waals surface area (Å²) >= 11 is 0. The molecule has 1 atom stereocenters. The Bertz CT molecular complexity index is 196. The van der Waals surface area contributed by atoms with E-state index in [4.69, 9.17) is 10.8 Å². The lowest BCUT2D eigenvalue weighted by atomic mass is 10.1. The fourth-order valence-electron chi connectivity index (χ4n) is 1.08. The summed E-state index contributed by atoms with van der Waals surface area (Å²) in [5.41, 5.74) is 4.85. The van der Waals surface area contributed by atoms with Crippen LogP contribution in [0, 0.1) is 0 Å². The Morgan fingerprint density at radius 3 is 2.57 bits per heavy atom. The Kier molecular flexibility index (Phi) is 6.47. The summed E-state index contributed by atoms with van der Waals surface area (Å²) in [6.07, 6.45) is 1.07. The van der Waals surface area contributed by atoms with Gasteiger partial charge in [-0.3, -0.25) is 4.79 Å². The quantitative estimate of drug-likeness (QED) is 0.418. The summed E-state index contributed by atoms with van der Waals surface area (Å²) in [7, 11) is 0. The lowest BCUT2D eigenvalue weighted by Gasteiger charge is -2.12. The zero-order valence-corrected chi connectivity index (χ0v) is 8.25. The van der Waals surface area contributed by atoms with E-state index in [1.54, 1.807) is 0 Å². The molecule has 0 aromatic rings. The van der Waals surface area contributed by atoms with Crippen molar-refractivity contribution in [3.05, 3.63) is 0 Å². The second-order valence-corrected chi connectivity index (χ2v) is 2.88. The maximum absolute atomic E-state index is 10.6. The highest BCUT2D eigenvalue weighted by atomic mass is 16.4. The second-order valence-electron chi connectivity index (χ2n) is 2.88. The first kappa shape index (κ1) is 12.7. The number of carbonyl (C=O) groups excluding carboxylic acids is 1. The SMILES string of the molecule is CCNC(CCCNC(N)=O)C(=O)O. The molecule has 2 amide bonds. The van der Waals surface area contributed by atoms with E-state index in [9.17, 15) is 9.59 Å². The highest BCUT2D eigenvalue weighted by Gasteiger charge is 2.14. The molecule has 0 aromatic heterocycles. The maximum Gasteiger partial charge on any atom is 0.320 e. The summed E-state index contributed by atoms with van der Waals surface area (Å²) in [6.45, 7) is 2.86. The van der Waals surface area contributed by atoms with Gasteiger partial charge in [-0.1, -0.05) is 6.92 Å². The Balaban J connectivity index is 3.61. The van der Waals surface area contributed by atoms with Crippen molar-refractivity contribution in [3.63, 3.8) is 0 Å². The molecule has 14 heavy (non-hydrogen) atoms. The molecule has 0 heterocycles. The van der Waals surface area contributed by atoms with Gasteiger partial charge in [-0.05, 0) is 19.4 Å². The van der Waals surface area contributed by atoms with Crippen LogP contribution in [-0.2, 0) is 4.79 Å². The number of carbonyl (C=O) groups is 2. The van der Waals surface area contributed by atoms with Crippen LogP contribution in [0.5, 0.6) is 0 Å². The molecule has 5 N–H and O–H groups in total. The van der Waals surface area contributed by atoms with Gasteiger partial charge in [-0.25, -0.2) is 4.79 Å². The Labute approximate surface area is 82.9 Å². The van der Waals surface area contributed by atoms with E-state index in [0.717, 1.165) is 0 Å². The molecule has 1 unspecified atom stereocenters. The molecule has 0 rings (SSSR count). The number of hydrogen-bond acceptors (Lipinski definition) is 3. The van der Waals surface area contributed by atoms with Crippen LogP contribution >= 0.6 is 0 Å². The standard InChI is InChI=1S/C8H17N3O3/c1-2-10-6(7(12)13)4-3-5-11-8(9)14/h6,10H,2-5H2,1H3,(H,12,13)(H3,9,11,14). The average Bonchev–Trinajstić information content (AvgIpc) is 2.09. The highest BCUT2D eigenvalue weighted by molar-refractivity contribution is 5.73. The first-order valence-corrected chi connectivity index (χ1v) is 4.57. The van der Waals surface area contributed by atoms with Gasteiger partial charge in [0, 0.05) is 6.54 Å². The lowest BCUT2D eigenvalue weighted by Crippen LogP contribution is -2.37. The van der Waals surface area contributed by atoms with Gasteiger partial charge < -0.3 is 21.5 Å². The average molecular weight is 203 g/mol. The minimum Gasteiger partial charge on any atom is -0.480 e. The number of rotatable bonds is 7. The van der Waals surface area contributed by atoms with Crippen molar-refractivity contribution in [2.75, 3.05) is 13.1 Å². The second kappa shape index (κ2) is 7.14. The topological polar surface area (TPSA) is 104 Å². The smallest absolute Gasteiger partial charge is 0.320 e. The van der Waals surface area contributed by atoms with Crippen molar-refractivity contribution in [3.8, 4) is 0 Å². The molecule has 0 fully saturated rings. The molecule has 6 heteroatoms. The van der Waals surface area contributed by atoms with Crippen LogP contribution in [0.1, 0.15) is 19.8 Å². The lowest BCUT2D eigenvalue weighted by molar-refractivity contribution is -0.139. The molecule has 0 saturated carbocycles. The molecule has 6 nitrogen and oxygen atoms in total. The minimum absolute atomic E-state index is 0.407. The summed E-state index contributed by atoms with van der Waals surface area (Å²) in [4.78, 5) is 20.9. The zero-order valence-electron chi connectivity index (χ0n) is 8.25. The first-order valence-electron chi connectivity index (χ1n) is 4.57. The number of likely N-dealkylation sites (N-methyl/N-ethyl adjacent to an activating group) is 1. The van der Waals surface area contributed by atoms with Crippen LogP contribution in [-0.4, -0.2) is 36.2 Å². The van der Waals surface area contributed by atoms with Crippen LogP contribution in [0.25, 0.3) is 0 Å². The molecule has 0 radical (unpaired) electrons. The third-order valence-electron chi connectivity index (χ3n) is 1.72. The largest absolute Gasteiger partial charge is 0.480 e. The number of primary amides is 1. The molecule has 0 aliphatic rings. The van der Waals surface area contributed by atoms with E-state index in [2.05, 4.69) is 10.6 Å². The van der Waals surface area contributed by atoms with Gasteiger partial charge in [0.2, 0.25) is 0 Å². The number of amides is 2. The Morgan fingerprint density at radius 1 is 1.50 bits per heavy atom. The predicted molar refractivity (Wildman–Crippen MR) is 51.9 cm³/mol. The number of carboxylic acids is 1. The fraction of sp³-hybridized carbons (Fsp3) is 0.750. The van der Waals surface area contributed by atoms with E-state index in [1.807, 2.05) is 6.92 Å². The number of nitrogens with two attached hydrogens (primary N) is 1. The molecule has 0 aromatic carbocycles. The van der Waals surface area contributed by atoms with Crippen molar-refractivity contribution in [2.45, 2.75) is 25.8 Å². The van der Waals surface area contributed by atoms with Crippen molar-refractivity contribution >= 4 is 12.0 Å². The van der Waals surface area contributed by atoms with E-state index in [-0.39, 0.29) is 0 Å².